The summed E-state index contributed by atoms with van der Waals surface area (Å²) in [5.41, 5.74) is 2.89. The Kier molecular flexibility index (Phi) is 6.84. The van der Waals surface area contributed by atoms with Crippen molar-refractivity contribution in [1.29, 1.82) is 0 Å². The smallest absolute Gasteiger partial charge is 0.290 e. The van der Waals surface area contributed by atoms with Gasteiger partial charge in [0.25, 0.3) is 11.8 Å². The van der Waals surface area contributed by atoms with Crippen molar-refractivity contribution in [2.75, 3.05) is 57.4 Å². The Balaban J connectivity index is 1.43. The number of morpholine rings is 1. The number of ether oxygens (including phenoxy) is 1. The molecule has 0 spiro atoms. The van der Waals surface area contributed by atoms with Crippen molar-refractivity contribution in [3.63, 3.8) is 0 Å². The average Bonchev–Trinajstić information content (AvgIpc) is 3.54. The molecule has 2 saturated heterocycles. The highest BCUT2D eigenvalue weighted by molar-refractivity contribution is 5.97. The third kappa shape index (κ3) is 4.44. The summed E-state index contributed by atoms with van der Waals surface area (Å²) in [7, 11) is 1.79. The third-order valence-corrected chi connectivity index (χ3v) is 7.57. The van der Waals surface area contributed by atoms with Gasteiger partial charge in [0.05, 0.1) is 24.2 Å². The largest absolute Gasteiger partial charge is 0.384 e. The Morgan fingerprint density at radius 2 is 1.68 bits per heavy atom. The molecule has 2 aliphatic rings. The van der Waals surface area contributed by atoms with E-state index in [2.05, 4.69) is 11.8 Å². The molecule has 6 rings (SSSR count). The van der Waals surface area contributed by atoms with E-state index >= 15 is 0 Å². The molecule has 1 N–H and O–H groups in total. The summed E-state index contributed by atoms with van der Waals surface area (Å²) in [4.78, 5) is 50.8. The van der Waals surface area contributed by atoms with Crippen LogP contribution in [0.2, 0.25) is 0 Å². The highest BCUT2D eigenvalue weighted by Crippen LogP contribution is 2.29. The molecule has 2 aliphatic heterocycles. The molecule has 0 unspecified atom stereocenters. The van der Waals surface area contributed by atoms with Crippen molar-refractivity contribution in [3.05, 3.63) is 35.9 Å². The van der Waals surface area contributed by atoms with E-state index in [1.807, 2.05) is 28.8 Å². The number of carbonyl (C=O) groups excluding carboxylic acids is 2. The molecular weight excluding hydrogens is 514 g/mol. The van der Waals surface area contributed by atoms with Crippen LogP contribution in [0.15, 0.2) is 24.3 Å². The molecule has 1 aromatic carbocycles. The number of hydrogen-bond donors (Lipinski definition) is 1. The molecule has 0 bridgehead atoms. The molecule has 0 saturated carbocycles. The lowest BCUT2D eigenvalue weighted by atomic mass is 10.2. The maximum absolute atomic E-state index is 13.7. The van der Waals surface area contributed by atoms with E-state index in [1.165, 1.54) is 6.92 Å². The molecule has 2 fully saturated rings. The molecule has 1 atom stereocenters. The normalized spacial score (nSPS) is 17.1. The van der Waals surface area contributed by atoms with E-state index in [9.17, 15) is 14.7 Å². The van der Waals surface area contributed by atoms with E-state index in [0.717, 1.165) is 16.9 Å². The standard InChI is InChI=1S/C27H33N9O4/c1-4-20-28-18-7-5-6-8-19(18)36(20)27-30-22-21(23(31-27)33-13-15-40-16-14-33)29-24(32(22)3)26(39)35-11-9-34(10-12-35)25(38)17(2)37/h5-8,17,37H,4,9-16H2,1-3H3/t17-/m0/s1. The van der Waals surface area contributed by atoms with Gasteiger partial charge in [0.2, 0.25) is 11.8 Å². The van der Waals surface area contributed by atoms with Crippen molar-refractivity contribution >= 4 is 39.8 Å². The molecule has 210 valence electrons. The Bertz CT molecular complexity index is 1580. The third-order valence-electron chi connectivity index (χ3n) is 7.57. The van der Waals surface area contributed by atoms with Crippen LogP contribution in [0.1, 0.15) is 30.3 Å². The van der Waals surface area contributed by atoms with Gasteiger partial charge in [-0.2, -0.15) is 9.97 Å². The maximum Gasteiger partial charge on any atom is 0.290 e. The Morgan fingerprint density at radius 1 is 0.975 bits per heavy atom. The summed E-state index contributed by atoms with van der Waals surface area (Å²) in [5, 5.41) is 9.64. The molecule has 0 aliphatic carbocycles. The van der Waals surface area contributed by atoms with E-state index < -0.39 is 6.10 Å². The van der Waals surface area contributed by atoms with Crippen LogP contribution in [0.25, 0.3) is 28.1 Å². The van der Waals surface area contributed by atoms with E-state index in [0.29, 0.717) is 81.8 Å². The highest BCUT2D eigenvalue weighted by Gasteiger charge is 2.31. The van der Waals surface area contributed by atoms with Crippen molar-refractivity contribution < 1.29 is 19.4 Å². The lowest BCUT2D eigenvalue weighted by Crippen LogP contribution is -2.52. The van der Waals surface area contributed by atoms with Gasteiger partial charge in [-0.05, 0) is 19.1 Å². The number of rotatable bonds is 5. The number of piperazine rings is 1. The zero-order valence-corrected chi connectivity index (χ0v) is 22.9. The number of benzene rings is 1. The number of aromatic nitrogens is 6. The number of aryl methyl sites for hydroxylation is 2. The minimum atomic E-state index is -1.06. The van der Waals surface area contributed by atoms with Crippen LogP contribution in [0.4, 0.5) is 5.82 Å². The van der Waals surface area contributed by atoms with Gasteiger partial charge in [0, 0.05) is 52.7 Å². The molecule has 5 heterocycles. The molecular formula is C27H33N9O4. The van der Waals surface area contributed by atoms with Crippen molar-refractivity contribution in [3.8, 4) is 5.95 Å². The number of fused-ring (bicyclic) bond motifs is 2. The SMILES string of the molecule is CCc1nc2ccccc2n1-c1nc(N2CCOCC2)c2nc(C(=O)N3CCN(C(=O)[C@H](C)O)CC3)n(C)c2n1. The summed E-state index contributed by atoms with van der Waals surface area (Å²) >= 11 is 0. The summed E-state index contributed by atoms with van der Waals surface area (Å²) in [5.74, 6) is 1.68. The van der Waals surface area contributed by atoms with Gasteiger partial charge in [0.15, 0.2) is 17.0 Å². The second kappa shape index (κ2) is 10.5. The van der Waals surface area contributed by atoms with Gasteiger partial charge < -0.3 is 29.1 Å². The van der Waals surface area contributed by atoms with Crippen LogP contribution in [0.5, 0.6) is 0 Å². The quantitative estimate of drug-likeness (QED) is 0.384. The zero-order valence-electron chi connectivity index (χ0n) is 22.9. The first kappa shape index (κ1) is 26.1. The first-order valence-corrected chi connectivity index (χ1v) is 13.7. The number of nitrogens with zero attached hydrogens (tertiary/aromatic N) is 9. The van der Waals surface area contributed by atoms with Gasteiger partial charge in [-0.1, -0.05) is 19.1 Å². The van der Waals surface area contributed by atoms with Gasteiger partial charge in [0.1, 0.15) is 11.9 Å². The summed E-state index contributed by atoms with van der Waals surface area (Å²) in [6, 6.07) is 7.91. The first-order chi connectivity index (χ1) is 19.4. The predicted molar refractivity (Wildman–Crippen MR) is 148 cm³/mol. The minimum Gasteiger partial charge on any atom is -0.384 e. The fraction of sp³-hybridized carbons (Fsp3) is 0.481. The van der Waals surface area contributed by atoms with Crippen LogP contribution in [-0.2, 0) is 23.0 Å². The number of anilines is 1. The summed E-state index contributed by atoms with van der Waals surface area (Å²) in [6.45, 7) is 7.37. The molecule has 40 heavy (non-hydrogen) atoms. The monoisotopic (exact) mass is 547 g/mol. The number of amides is 2. The second-order valence-electron chi connectivity index (χ2n) is 10.1. The number of para-hydroxylation sites is 2. The van der Waals surface area contributed by atoms with Gasteiger partial charge in [-0.3, -0.25) is 14.2 Å². The summed E-state index contributed by atoms with van der Waals surface area (Å²) in [6.07, 6.45) is -0.365. The second-order valence-corrected chi connectivity index (χ2v) is 10.1. The Hall–Kier alpha value is -4.10. The summed E-state index contributed by atoms with van der Waals surface area (Å²) < 4.78 is 9.29. The van der Waals surface area contributed by atoms with Gasteiger partial charge >= 0.3 is 0 Å². The number of aliphatic hydroxyl groups excluding tert-OH is 1. The van der Waals surface area contributed by atoms with Crippen molar-refractivity contribution in [2.45, 2.75) is 26.4 Å². The van der Waals surface area contributed by atoms with Crippen molar-refractivity contribution in [1.82, 2.24) is 38.9 Å². The lowest BCUT2D eigenvalue weighted by molar-refractivity contribution is -0.140. The van der Waals surface area contributed by atoms with E-state index in [-0.39, 0.29) is 17.6 Å². The maximum atomic E-state index is 13.7. The Morgan fingerprint density at radius 3 is 2.38 bits per heavy atom. The molecule has 13 nitrogen and oxygen atoms in total. The molecule has 3 aromatic heterocycles. The van der Waals surface area contributed by atoms with Gasteiger partial charge in [-0.25, -0.2) is 9.97 Å². The van der Waals surface area contributed by atoms with Crippen LogP contribution < -0.4 is 4.90 Å². The van der Waals surface area contributed by atoms with E-state index in [4.69, 9.17) is 24.7 Å². The number of aliphatic hydroxyl groups is 1. The van der Waals surface area contributed by atoms with Crippen LogP contribution in [0.3, 0.4) is 0 Å². The number of hydrogen-bond acceptors (Lipinski definition) is 9. The average molecular weight is 548 g/mol. The Labute approximate surface area is 231 Å². The molecule has 4 aromatic rings. The molecule has 2 amide bonds. The molecule has 0 radical (unpaired) electrons. The fourth-order valence-electron chi connectivity index (χ4n) is 5.39. The first-order valence-electron chi connectivity index (χ1n) is 13.7. The highest BCUT2D eigenvalue weighted by atomic mass is 16.5. The van der Waals surface area contributed by atoms with E-state index in [1.54, 1.807) is 21.4 Å². The van der Waals surface area contributed by atoms with Gasteiger partial charge in [-0.15, -0.1) is 0 Å². The number of imidazole rings is 2. The van der Waals surface area contributed by atoms with Crippen LogP contribution in [-0.4, -0.2) is 114 Å². The lowest BCUT2D eigenvalue weighted by Gasteiger charge is -2.35. The van der Waals surface area contributed by atoms with Crippen LogP contribution in [0, 0.1) is 0 Å². The minimum absolute atomic E-state index is 0.235. The topological polar surface area (TPSA) is 135 Å². The fourth-order valence-corrected chi connectivity index (χ4v) is 5.39. The van der Waals surface area contributed by atoms with Crippen molar-refractivity contribution in [2.24, 2.45) is 7.05 Å². The zero-order chi connectivity index (χ0) is 28.0. The predicted octanol–water partition coefficient (Wildman–Crippen LogP) is 0.766. The molecule has 13 heteroatoms. The van der Waals surface area contributed by atoms with Crippen LogP contribution >= 0.6 is 0 Å². The number of carbonyl (C=O) groups is 2.